The Labute approximate surface area is 113 Å². The van der Waals surface area contributed by atoms with E-state index in [9.17, 15) is 4.79 Å². The summed E-state index contributed by atoms with van der Waals surface area (Å²) in [6.45, 7) is 2.62. The number of benzene rings is 1. The Morgan fingerprint density at radius 3 is 2.76 bits per heavy atom. The van der Waals surface area contributed by atoms with Gasteiger partial charge in [-0.05, 0) is 42.5 Å². The first-order valence-corrected chi connectivity index (χ1v) is 6.81. The van der Waals surface area contributed by atoms with Crippen LogP contribution in [0.3, 0.4) is 0 Å². The highest BCUT2D eigenvalue weighted by atomic mass is 79.9. The molecule has 0 atom stereocenters. The lowest BCUT2D eigenvalue weighted by Gasteiger charge is -1.95. The van der Waals surface area contributed by atoms with Gasteiger partial charge in [0, 0.05) is 11.0 Å². The monoisotopic (exact) mass is 310 g/mol. The first-order valence-electron chi connectivity index (χ1n) is 5.20. The maximum absolute atomic E-state index is 11.6. The minimum absolute atomic E-state index is 0.0786. The maximum atomic E-state index is 11.6. The second-order valence-corrected chi connectivity index (χ2v) is 5.34. The summed E-state index contributed by atoms with van der Waals surface area (Å²) >= 11 is 4.76. The molecule has 0 saturated carbocycles. The number of amides is 1. The van der Waals surface area contributed by atoms with Crippen molar-refractivity contribution in [2.45, 2.75) is 6.92 Å². The topological polar surface area (TPSA) is 41.5 Å². The van der Waals surface area contributed by atoms with Crippen molar-refractivity contribution in [3.05, 3.63) is 39.2 Å². The number of hydrogen-bond acceptors (Lipinski definition) is 3. The van der Waals surface area contributed by atoms with Gasteiger partial charge in [-0.2, -0.15) is 0 Å². The van der Waals surface area contributed by atoms with Gasteiger partial charge < -0.3 is 5.32 Å². The molecule has 17 heavy (non-hydrogen) atoms. The highest BCUT2D eigenvalue weighted by Gasteiger charge is 2.23. The van der Waals surface area contributed by atoms with E-state index in [1.165, 1.54) is 11.8 Å². The van der Waals surface area contributed by atoms with E-state index in [0.29, 0.717) is 16.6 Å². The minimum Gasteiger partial charge on any atom is -0.301 e. The molecule has 1 fully saturated rings. The fourth-order valence-corrected chi connectivity index (χ4v) is 2.50. The van der Waals surface area contributed by atoms with Crippen LogP contribution in [0.1, 0.15) is 12.5 Å². The highest BCUT2D eigenvalue weighted by Crippen LogP contribution is 2.26. The average molecular weight is 311 g/mol. The third kappa shape index (κ3) is 3.20. The number of aliphatic imine (C=N–C) groups is 1. The van der Waals surface area contributed by atoms with Gasteiger partial charge in [0.2, 0.25) is 0 Å². The maximum Gasteiger partial charge on any atom is 0.264 e. The van der Waals surface area contributed by atoms with Gasteiger partial charge in [0.15, 0.2) is 5.17 Å². The van der Waals surface area contributed by atoms with Crippen molar-refractivity contribution in [1.29, 1.82) is 0 Å². The Kier molecular flexibility index (Phi) is 4.02. The van der Waals surface area contributed by atoms with Crippen LogP contribution < -0.4 is 5.32 Å². The van der Waals surface area contributed by atoms with Gasteiger partial charge in [-0.3, -0.25) is 9.79 Å². The van der Waals surface area contributed by atoms with Gasteiger partial charge in [-0.15, -0.1) is 0 Å². The standard InChI is InChI=1S/C12H11BrN2OS/c1-2-14-12-15-11(16)10(17-12)7-8-3-5-9(13)6-4-8/h3-7H,2H2,1H3,(H,14,15,16)/b10-7-. The van der Waals surface area contributed by atoms with Gasteiger partial charge >= 0.3 is 0 Å². The third-order valence-electron chi connectivity index (χ3n) is 2.12. The second-order valence-electron chi connectivity index (χ2n) is 3.40. The summed E-state index contributed by atoms with van der Waals surface area (Å²) in [6.07, 6.45) is 1.87. The lowest BCUT2D eigenvalue weighted by molar-refractivity contribution is -0.115. The average Bonchev–Trinajstić information content (AvgIpc) is 2.63. The van der Waals surface area contributed by atoms with Crippen molar-refractivity contribution >= 4 is 44.8 Å². The lowest BCUT2D eigenvalue weighted by atomic mass is 10.2. The summed E-state index contributed by atoms with van der Waals surface area (Å²) in [5.74, 6) is -0.0786. The van der Waals surface area contributed by atoms with Crippen LogP contribution in [0.25, 0.3) is 6.08 Å². The zero-order chi connectivity index (χ0) is 12.3. The summed E-state index contributed by atoms with van der Waals surface area (Å²) in [5, 5.41) is 3.41. The Morgan fingerprint density at radius 2 is 2.12 bits per heavy atom. The molecule has 88 valence electrons. The number of rotatable bonds is 2. The first-order chi connectivity index (χ1) is 8.19. The van der Waals surface area contributed by atoms with Crippen LogP contribution in [0.2, 0.25) is 0 Å². The number of halogens is 1. The van der Waals surface area contributed by atoms with E-state index in [-0.39, 0.29) is 5.91 Å². The minimum atomic E-state index is -0.0786. The molecule has 1 heterocycles. The molecule has 1 aliphatic heterocycles. The molecular formula is C12H11BrN2OS. The van der Waals surface area contributed by atoms with Gasteiger partial charge in [0.1, 0.15) is 0 Å². The third-order valence-corrected chi connectivity index (χ3v) is 3.60. The normalized spacial score (nSPS) is 20.0. The molecule has 3 nitrogen and oxygen atoms in total. The predicted molar refractivity (Wildman–Crippen MR) is 75.8 cm³/mol. The number of carbonyl (C=O) groups excluding carboxylic acids is 1. The Morgan fingerprint density at radius 1 is 1.41 bits per heavy atom. The number of nitrogens with one attached hydrogen (secondary N) is 1. The molecular weight excluding hydrogens is 300 g/mol. The van der Waals surface area contributed by atoms with Crippen LogP contribution >= 0.6 is 27.7 Å². The molecule has 0 radical (unpaired) electrons. The largest absolute Gasteiger partial charge is 0.301 e. The van der Waals surface area contributed by atoms with E-state index >= 15 is 0 Å². The van der Waals surface area contributed by atoms with Crippen LogP contribution in [0, 0.1) is 0 Å². The SMILES string of the molecule is CCN=C1NC(=O)/C(=C/c2ccc(Br)cc2)S1. The molecule has 1 aliphatic rings. The zero-order valence-electron chi connectivity index (χ0n) is 9.24. The summed E-state index contributed by atoms with van der Waals surface area (Å²) in [6, 6.07) is 7.82. The molecule has 1 aromatic carbocycles. The molecule has 2 rings (SSSR count). The summed E-state index contributed by atoms with van der Waals surface area (Å²) in [4.78, 5) is 16.5. The molecule has 0 aliphatic carbocycles. The van der Waals surface area contributed by atoms with E-state index in [4.69, 9.17) is 0 Å². The van der Waals surface area contributed by atoms with Gasteiger partial charge in [0.25, 0.3) is 5.91 Å². The van der Waals surface area contributed by atoms with E-state index in [0.717, 1.165) is 10.0 Å². The van der Waals surface area contributed by atoms with E-state index in [1.807, 2.05) is 37.3 Å². The van der Waals surface area contributed by atoms with E-state index in [2.05, 4.69) is 26.2 Å². The van der Waals surface area contributed by atoms with Crippen molar-refractivity contribution in [2.75, 3.05) is 6.54 Å². The van der Waals surface area contributed by atoms with Gasteiger partial charge in [0.05, 0.1) is 4.91 Å². The highest BCUT2D eigenvalue weighted by molar-refractivity contribution is 9.10. The smallest absolute Gasteiger partial charge is 0.264 e. The number of thioether (sulfide) groups is 1. The number of hydrogen-bond donors (Lipinski definition) is 1. The molecule has 0 bridgehead atoms. The lowest BCUT2D eigenvalue weighted by Crippen LogP contribution is -2.19. The molecule has 0 unspecified atom stereocenters. The number of carbonyl (C=O) groups is 1. The van der Waals surface area contributed by atoms with Gasteiger partial charge in [-0.25, -0.2) is 0 Å². The van der Waals surface area contributed by atoms with Crippen molar-refractivity contribution < 1.29 is 4.79 Å². The van der Waals surface area contributed by atoms with Crippen molar-refractivity contribution in [1.82, 2.24) is 5.32 Å². The number of amidine groups is 1. The summed E-state index contributed by atoms with van der Waals surface area (Å²) < 4.78 is 1.02. The van der Waals surface area contributed by atoms with Crippen LogP contribution in [-0.4, -0.2) is 17.6 Å². The Bertz CT molecular complexity index is 494. The molecule has 5 heteroatoms. The van der Waals surface area contributed by atoms with E-state index in [1.54, 1.807) is 0 Å². The summed E-state index contributed by atoms with van der Waals surface area (Å²) in [7, 11) is 0. The Balaban J connectivity index is 2.20. The van der Waals surface area contributed by atoms with Crippen molar-refractivity contribution in [2.24, 2.45) is 4.99 Å². The fourth-order valence-electron chi connectivity index (χ4n) is 1.36. The predicted octanol–water partition coefficient (Wildman–Crippen LogP) is 3.03. The molecule has 1 N–H and O–H groups in total. The van der Waals surface area contributed by atoms with Crippen LogP contribution in [0.5, 0.6) is 0 Å². The molecule has 1 saturated heterocycles. The molecule has 0 aromatic heterocycles. The fraction of sp³-hybridized carbons (Fsp3) is 0.167. The second kappa shape index (κ2) is 5.51. The van der Waals surface area contributed by atoms with Gasteiger partial charge in [-0.1, -0.05) is 28.1 Å². The number of nitrogens with zero attached hydrogens (tertiary/aromatic N) is 1. The van der Waals surface area contributed by atoms with E-state index < -0.39 is 0 Å². The van der Waals surface area contributed by atoms with Crippen LogP contribution in [0.4, 0.5) is 0 Å². The zero-order valence-corrected chi connectivity index (χ0v) is 11.6. The quantitative estimate of drug-likeness (QED) is 0.853. The summed E-state index contributed by atoms with van der Waals surface area (Å²) in [5.41, 5.74) is 1.00. The van der Waals surface area contributed by atoms with Crippen LogP contribution in [0.15, 0.2) is 38.6 Å². The molecule has 0 spiro atoms. The molecule has 1 aromatic rings. The van der Waals surface area contributed by atoms with Crippen LogP contribution in [-0.2, 0) is 4.79 Å². The molecule has 1 amide bonds. The first kappa shape index (κ1) is 12.4. The Hall–Kier alpha value is -1.07. The van der Waals surface area contributed by atoms with Crippen molar-refractivity contribution in [3.63, 3.8) is 0 Å². The van der Waals surface area contributed by atoms with Crippen molar-refractivity contribution in [3.8, 4) is 0 Å².